The van der Waals surface area contributed by atoms with Crippen molar-refractivity contribution in [1.82, 2.24) is 4.90 Å². The molecule has 108 valence electrons. The van der Waals surface area contributed by atoms with Gasteiger partial charge < -0.3 is 15.1 Å². The van der Waals surface area contributed by atoms with Crippen molar-refractivity contribution >= 4 is 5.69 Å². The molecule has 0 amide bonds. The average Bonchev–Trinajstić information content (AvgIpc) is 2.47. The molecule has 1 aliphatic rings. The summed E-state index contributed by atoms with van der Waals surface area (Å²) in [6, 6.07) is 7.58. The number of nitriles is 1. The first-order valence-electron chi connectivity index (χ1n) is 6.96. The van der Waals surface area contributed by atoms with Crippen LogP contribution < -0.4 is 4.90 Å². The summed E-state index contributed by atoms with van der Waals surface area (Å²) >= 11 is 0. The largest absolute Gasteiger partial charge is 0.395 e. The highest BCUT2D eigenvalue weighted by Crippen LogP contribution is 2.28. The van der Waals surface area contributed by atoms with Gasteiger partial charge in [-0.15, -0.1) is 0 Å². The summed E-state index contributed by atoms with van der Waals surface area (Å²) in [4.78, 5) is 4.42. The number of piperazine rings is 1. The van der Waals surface area contributed by atoms with Crippen LogP contribution in [-0.4, -0.2) is 54.4 Å². The van der Waals surface area contributed by atoms with E-state index in [-0.39, 0.29) is 6.61 Å². The van der Waals surface area contributed by atoms with Gasteiger partial charge in [0.15, 0.2) is 0 Å². The lowest BCUT2D eigenvalue weighted by atomic mass is 10.0. The van der Waals surface area contributed by atoms with E-state index >= 15 is 0 Å². The zero-order valence-corrected chi connectivity index (χ0v) is 11.8. The fourth-order valence-corrected chi connectivity index (χ4v) is 2.59. The van der Waals surface area contributed by atoms with Gasteiger partial charge in [0.05, 0.1) is 24.3 Å². The molecule has 1 aromatic carbocycles. The fourth-order valence-electron chi connectivity index (χ4n) is 2.59. The number of rotatable bonds is 4. The van der Waals surface area contributed by atoms with Crippen LogP contribution in [0.5, 0.6) is 0 Å². The smallest absolute Gasteiger partial charge is 0.0992 e. The first-order chi connectivity index (χ1) is 9.65. The lowest BCUT2D eigenvalue weighted by molar-refractivity contribution is 0.187. The Labute approximate surface area is 119 Å². The van der Waals surface area contributed by atoms with E-state index in [1.54, 1.807) is 13.0 Å². The Morgan fingerprint density at radius 2 is 2.00 bits per heavy atom. The van der Waals surface area contributed by atoms with Crippen molar-refractivity contribution in [2.24, 2.45) is 0 Å². The van der Waals surface area contributed by atoms with Gasteiger partial charge in [0, 0.05) is 44.0 Å². The zero-order valence-electron chi connectivity index (χ0n) is 11.8. The molecule has 1 aliphatic heterocycles. The number of hydrogen-bond donors (Lipinski definition) is 2. The highest BCUT2D eigenvalue weighted by Gasteiger charge is 2.20. The Morgan fingerprint density at radius 1 is 1.30 bits per heavy atom. The lowest BCUT2D eigenvalue weighted by Crippen LogP contribution is -2.47. The molecule has 1 saturated heterocycles. The summed E-state index contributed by atoms with van der Waals surface area (Å²) in [7, 11) is 0. The molecule has 1 unspecified atom stereocenters. The molecular formula is C15H21N3O2. The van der Waals surface area contributed by atoms with Crippen molar-refractivity contribution in [3.8, 4) is 6.07 Å². The summed E-state index contributed by atoms with van der Waals surface area (Å²) in [6.07, 6.45) is -0.548. The Balaban J connectivity index is 2.18. The predicted molar refractivity (Wildman–Crippen MR) is 77.5 cm³/mol. The topological polar surface area (TPSA) is 70.7 Å². The number of aliphatic hydroxyl groups excluding tert-OH is 2. The van der Waals surface area contributed by atoms with Gasteiger partial charge in [0.1, 0.15) is 0 Å². The van der Waals surface area contributed by atoms with Crippen LogP contribution in [0.15, 0.2) is 18.2 Å². The van der Waals surface area contributed by atoms with Crippen LogP contribution in [-0.2, 0) is 0 Å². The van der Waals surface area contributed by atoms with Crippen molar-refractivity contribution in [2.75, 3.05) is 44.2 Å². The molecule has 2 N–H and O–H groups in total. The maximum atomic E-state index is 9.88. The third kappa shape index (κ3) is 3.28. The number of anilines is 1. The molecule has 5 heteroatoms. The summed E-state index contributed by atoms with van der Waals surface area (Å²) in [6.45, 7) is 6.08. The maximum absolute atomic E-state index is 9.88. The highest BCUT2D eigenvalue weighted by molar-refractivity contribution is 5.58. The molecular weight excluding hydrogens is 254 g/mol. The van der Waals surface area contributed by atoms with E-state index in [2.05, 4.69) is 15.9 Å². The molecule has 1 aromatic rings. The van der Waals surface area contributed by atoms with Crippen LogP contribution in [0.25, 0.3) is 0 Å². The van der Waals surface area contributed by atoms with E-state index in [0.29, 0.717) is 12.1 Å². The van der Waals surface area contributed by atoms with Gasteiger partial charge in [0.25, 0.3) is 0 Å². The molecule has 0 saturated carbocycles. The average molecular weight is 275 g/mol. The summed E-state index contributed by atoms with van der Waals surface area (Å²) < 4.78 is 0. The van der Waals surface area contributed by atoms with E-state index in [9.17, 15) is 5.11 Å². The highest BCUT2D eigenvalue weighted by atomic mass is 16.3. The summed E-state index contributed by atoms with van der Waals surface area (Å²) in [5, 5.41) is 27.9. The van der Waals surface area contributed by atoms with Crippen molar-refractivity contribution in [2.45, 2.75) is 13.0 Å². The molecule has 0 spiro atoms. The molecule has 20 heavy (non-hydrogen) atoms. The Morgan fingerprint density at radius 3 is 2.55 bits per heavy atom. The van der Waals surface area contributed by atoms with E-state index in [4.69, 9.17) is 10.4 Å². The minimum atomic E-state index is -0.548. The second-order valence-corrected chi connectivity index (χ2v) is 5.11. The normalized spacial score (nSPS) is 17.8. The van der Waals surface area contributed by atoms with E-state index in [1.165, 1.54) is 0 Å². The van der Waals surface area contributed by atoms with Crippen LogP contribution in [0.3, 0.4) is 0 Å². The van der Waals surface area contributed by atoms with Crippen molar-refractivity contribution < 1.29 is 10.2 Å². The molecule has 0 bridgehead atoms. The molecule has 0 aliphatic carbocycles. The maximum Gasteiger partial charge on any atom is 0.0992 e. The van der Waals surface area contributed by atoms with Crippen LogP contribution in [0.2, 0.25) is 0 Å². The van der Waals surface area contributed by atoms with Crippen LogP contribution in [0.1, 0.15) is 24.2 Å². The molecule has 1 fully saturated rings. The Kier molecular flexibility index (Phi) is 4.96. The van der Waals surface area contributed by atoms with Crippen LogP contribution in [0, 0.1) is 11.3 Å². The van der Waals surface area contributed by atoms with Crippen molar-refractivity contribution in [1.29, 1.82) is 5.26 Å². The van der Waals surface area contributed by atoms with E-state index in [0.717, 1.165) is 37.4 Å². The zero-order chi connectivity index (χ0) is 14.5. The van der Waals surface area contributed by atoms with Gasteiger partial charge in [-0.2, -0.15) is 5.26 Å². The van der Waals surface area contributed by atoms with Crippen molar-refractivity contribution in [3.05, 3.63) is 29.3 Å². The van der Waals surface area contributed by atoms with E-state index in [1.807, 2.05) is 12.1 Å². The second-order valence-electron chi connectivity index (χ2n) is 5.11. The van der Waals surface area contributed by atoms with Crippen molar-refractivity contribution in [3.63, 3.8) is 0 Å². The second kappa shape index (κ2) is 6.71. The van der Waals surface area contributed by atoms with Crippen LogP contribution >= 0.6 is 0 Å². The molecule has 1 atom stereocenters. The fraction of sp³-hybridized carbons (Fsp3) is 0.533. The predicted octanol–water partition coefficient (Wildman–Crippen LogP) is 0.726. The SMILES string of the molecule is CC(O)c1ccc(C#N)cc1N1CCN(CCO)CC1. The Hall–Kier alpha value is -1.61. The third-order valence-electron chi connectivity index (χ3n) is 3.74. The third-order valence-corrected chi connectivity index (χ3v) is 3.74. The quantitative estimate of drug-likeness (QED) is 0.847. The van der Waals surface area contributed by atoms with Crippen LogP contribution in [0.4, 0.5) is 5.69 Å². The lowest BCUT2D eigenvalue weighted by Gasteiger charge is -2.37. The summed E-state index contributed by atoms with van der Waals surface area (Å²) in [5.41, 5.74) is 2.42. The number of benzene rings is 1. The first kappa shape index (κ1) is 14.8. The first-order valence-corrected chi connectivity index (χ1v) is 6.96. The van der Waals surface area contributed by atoms with Gasteiger partial charge in [-0.25, -0.2) is 0 Å². The van der Waals surface area contributed by atoms with Gasteiger partial charge in [-0.05, 0) is 19.1 Å². The Bertz CT molecular complexity index is 488. The number of hydrogen-bond acceptors (Lipinski definition) is 5. The minimum absolute atomic E-state index is 0.183. The monoisotopic (exact) mass is 275 g/mol. The standard InChI is InChI=1S/C15H21N3O2/c1-12(20)14-3-2-13(11-16)10-15(14)18-6-4-17(5-7-18)8-9-19/h2-3,10,12,19-20H,4-9H2,1H3. The van der Waals surface area contributed by atoms with Gasteiger partial charge in [0.2, 0.25) is 0 Å². The minimum Gasteiger partial charge on any atom is -0.395 e. The number of β-amino-alcohol motifs (C(OH)–C–C–N with tert-alkyl or cyclic N) is 1. The van der Waals surface area contributed by atoms with Gasteiger partial charge >= 0.3 is 0 Å². The van der Waals surface area contributed by atoms with Gasteiger partial charge in [-0.1, -0.05) is 6.07 Å². The number of aliphatic hydroxyl groups is 2. The molecule has 0 aromatic heterocycles. The molecule has 5 nitrogen and oxygen atoms in total. The van der Waals surface area contributed by atoms with E-state index < -0.39 is 6.10 Å². The molecule has 2 rings (SSSR count). The molecule has 0 radical (unpaired) electrons. The number of nitrogens with zero attached hydrogens (tertiary/aromatic N) is 3. The molecule has 1 heterocycles. The summed E-state index contributed by atoms with van der Waals surface area (Å²) in [5.74, 6) is 0. The van der Waals surface area contributed by atoms with Gasteiger partial charge in [-0.3, -0.25) is 4.90 Å².